The van der Waals surface area contributed by atoms with Crippen LogP contribution in [0.1, 0.15) is 5.56 Å². The summed E-state index contributed by atoms with van der Waals surface area (Å²) in [6.45, 7) is 0.0929. The number of fused-ring (bicyclic) bond motifs is 1. The van der Waals surface area contributed by atoms with Crippen LogP contribution in [-0.4, -0.2) is 62.6 Å². The Balaban J connectivity index is 2.26. The van der Waals surface area contributed by atoms with Crippen molar-refractivity contribution in [3.63, 3.8) is 0 Å². The van der Waals surface area contributed by atoms with Crippen LogP contribution < -0.4 is 10.5 Å². The molecule has 0 bridgehead atoms. The molecule has 0 amide bonds. The Bertz CT molecular complexity index is 754. The van der Waals surface area contributed by atoms with Gasteiger partial charge in [-0.15, -0.1) is 0 Å². The van der Waals surface area contributed by atoms with E-state index in [1.807, 2.05) is 20.2 Å². The Morgan fingerprint density at radius 1 is 1.24 bits per heavy atom. The van der Waals surface area contributed by atoms with Crippen molar-refractivity contribution in [2.24, 2.45) is 5.73 Å². The van der Waals surface area contributed by atoms with Gasteiger partial charge in [-0.25, -0.2) is 4.79 Å². The zero-order chi connectivity index (χ0) is 18.4. The first-order valence-corrected chi connectivity index (χ1v) is 7.81. The number of ether oxygens (including phenoxy) is 3. The van der Waals surface area contributed by atoms with Crippen molar-refractivity contribution < 1.29 is 23.8 Å². The highest BCUT2D eigenvalue weighted by Crippen LogP contribution is 2.26. The Kier molecular flexibility index (Phi) is 6.37. The predicted octanol–water partition coefficient (Wildman–Crippen LogP) is 1.20. The van der Waals surface area contributed by atoms with Gasteiger partial charge in [-0.05, 0) is 44.3 Å². The summed E-state index contributed by atoms with van der Waals surface area (Å²) in [6, 6.07) is 5.45. The zero-order valence-electron chi connectivity index (χ0n) is 14.7. The van der Waals surface area contributed by atoms with Crippen molar-refractivity contribution in [1.82, 2.24) is 9.47 Å². The summed E-state index contributed by atoms with van der Waals surface area (Å²) in [6.07, 6.45) is 1.87. The lowest BCUT2D eigenvalue weighted by Crippen LogP contribution is -2.21. The third-order valence-electron chi connectivity index (χ3n) is 3.69. The van der Waals surface area contributed by atoms with Gasteiger partial charge in [0.25, 0.3) is 0 Å². The molecule has 0 aliphatic rings. The summed E-state index contributed by atoms with van der Waals surface area (Å²) in [4.78, 5) is 25.4. The number of methoxy groups -OCH3 is 1. The van der Waals surface area contributed by atoms with Crippen molar-refractivity contribution in [2.75, 3.05) is 41.1 Å². The number of esters is 1. The number of rotatable bonds is 7. The van der Waals surface area contributed by atoms with Crippen LogP contribution >= 0.6 is 0 Å². The summed E-state index contributed by atoms with van der Waals surface area (Å²) in [7, 11) is 5.57. The lowest BCUT2D eigenvalue weighted by atomic mass is 10.1. The van der Waals surface area contributed by atoms with Crippen molar-refractivity contribution in [2.45, 2.75) is 6.42 Å². The minimum absolute atomic E-state index is 0.265. The first-order chi connectivity index (χ1) is 12.0. The van der Waals surface area contributed by atoms with Crippen LogP contribution in [0.5, 0.6) is 5.75 Å². The third kappa shape index (κ3) is 4.71. The standard InChI is InChI=1S/C17H23N3O5/c1-19(2)7-6-12-10-20(17(22)25-11-24-16(21)9-18)15-5-4-13(23-3)8-14(12)15/h4-5,8,10H,6-7,9,11,18H2,1-3H3. The molecule has 25 heavy (non-hydrogen) atoms. The fourth-order valence-electron chi connectivity index (χ4n) is 2.37. The monoisotopic (exact) mass is 349 g/mol. The molecule has 0 spiro atoms. The average Bonchev–Trinajstić information content (AvgIpc) is 2.97. The average molecular weight is 349 g/mol. The van der Waals surface area contributed by atoms with Gasteiger partial charge < -0.3 is 24.8 Å². The Morgan fingerprint density at radius 3 is 2.64 bits per heavy atom. The quantitative estimate of drug-likeness (QED) is 0.592. The van der Waals surface area contributed by atoms with E-state index in [1.54, 1.807) is 25.4 Å². The number of carbonyl (C=O) groups is 2. The molecule has 2 N–H and O–H groups in total. The smallest absolute Gasteiger partial charge is 0.421 e. The molecule has 1 heterocycles. The van der Waals surface area contributed by atoms with Gasteiger partial charge in [0.2, 0.25) is 6.79 Å². The second kappa shape index (κ2) is 8.50. The summed E-state index contributed by atoms with van der Waals surface area (Å²) in [5, 5.41) is 0.914. The largest absolute Gasteiger partial charge is 0.497 e. The molecule has 8 heteroatoms. The van der Waals surface area contributed by atoms with Crippen LogP contribution in [0.3, 0.4) is 0 Å². The molecule has 0 fully saturated rings. The van der Waals surface area contributed by atoms with Crippen LogP contribution in [0.25, 0.3) is 10.9 Å². The van der Waals surface area contributed by atoms with Gasteiger partial charge in [0.1, 0.15) is 5.75 Å². The van der Waals surface area contributed by atoms with Gasteiger partial charge in [0.15, 0.2) is 0 Å². The number of aromatic nitrogens is 1. The predicted molar refractivity (Wildman–Crippen MR) is 92.6 cm³/mol. The van der Waals surface area contributed by atoms with Crippen molar-refractivity contribution in [3.8, 4) is 5.75 Å². The molecule has 0 saturated carbocycles. The number of likely N-dealkylation sites (N-methyl/N-ethyl adjacent to an activating group) is 1. The van der Waals surface area contributed by atoms with Gasteiger partial charge in [0.05, 0.1) is 19.2 Å². The number of carbonyl (C=O) groups excluding carboxylic acids is 2. The minimum atomic E-state index is -0.637. The highest BCUT2D eigenvalue weighted by Gasteiger charge is 2.16. The molecule has 0 aliphatic heterocycles. The first kappa shape index (κ1) is 18.8. The molecule has 2 aromatic rings. The highest BCUT2D eigenvalue weighted by atomic mass is 16.7. The molecule has 1 aromatic carbocycles. The van der Waals surface area contributed by atoms with E-state index in [0.29, 0.717) is 11.3 Å². The molecular formula is C17H23N3O5. The molecule has 0 aliphatic carbocycles. The van der Waals surface area contributed by atoms with Gasteiger partial charge in [-0.2, -0.15) is 0 Å². The summed E-state index contributed by atoms with van der Waals surface area (Å²) in [5.41, 5.74) is 6.82. The molecule has 0 atom stereocenters. The molecule has 2 rings (SSSR count). The van der Waals surface area contributed by atoms with Crippen molar-refractivity contribution >= 4 is 23.0 Å². The van der Waals surface area contributed by atoms with Gasteiger partial charge in [-0.3, -0.25) is 9.36 Å². The fourth-order valence-corrected chi connectivity index (χ4v) is 2.37. The fraction of sp³-hybridized carbons (Fsp3) is 0.412. The third-order valence-corrected chi connectivity index (χ3v) is 3.69. The lowest BCUT2D eigenvalue weighted by Gasteiger charge is -2.08. The zero-order valence-corrected chi connectivity index (χ0v) is 14.7. The van der Waals surface area contributed by atoms with Gasteiger partial charge in [0, 0.05) is 18.1 Å². The number of hydrogen-bond donors (Lipinski definition) is 1. The molecule has 0 radical (unpaired) electrons. The summed E-state index contributed by atoms with van der Waals surface area (Å²) < 4.78 is 16.3. The Hall–Kier alpha value is -2.58. The number of nitrogens with zero attached hydrogens (tertiary/aromatic N) is 2. The van der Waals surface area contributed by atoms with Crippen molar-refractivity contribution in [3.05, 3.63) is 30.0 Å². The maximum atomic E-state index is 12.3. The Labute approximate surface area is 146 Å². The van der Waals surface area contributed by atoms with E-state index in [2.05, 4.69) is 9.64 Å². The molecule has 136 valence electrons. The van der Waals surface area contributed by atoms with E-state index >= 15 is 0 Å². The van der Waals surface area contributed by atoms with Gasteiger partial charge >= 0.3 is 12.1 Å². The second-order valence-electron chi connectivity index (χ2n) is 5.71. The van der Waals surface area contributed by atoms with E-state index in [1.165, 1.54) is 4.57 Å². The Morgan fingerprint density at radius 2 is 2.00 bits per heavy atom. The van der Waals surface area contributed by atoms with Gasteiger partial charge in [-0.1, -0.05) is 0 Å². The number of benzene rings is 1. The topological polar surface area (TPSA) is 96.0 Å². The summed E-state index contributed by atoms with van der Waals surface area (Å²) in [5.74, 6) is 0.0724. The van der Waals surface area contributed by atoms with Crippen LogP contribution in [0.2, 0.25) is 0 Å². The molecule has 0 saturated heterocycles. The van der Waals surface area contributed by atoms with E-state index < -0.39 is 18.9 Å². The number of hydrogen-bond acceptors (Lipinski definition) is 7. The molecule has 0 unspecified atom stereocenters. The van der Waals surface area contributed by atoms with E-state index in [0.717, 1.165) is 23.9 Å². The first-order valence-electron chi connectivity index (χ1n) is 7.81. The minimum Gasteiger partial charge on any atom is -0.497 e. The van der Waals surface area contributed by atoms with E-state index in [-0.39, 0.29) is 6.54 Å². The lowest BCUT2D eigenvalue weighted by molar-refractivity contribution is -0.149. The van der Waals surface area contributed by atoms with Crippen LogP contribution in [0.4, 0.5) is 4.79 Å². The normalized spacial score (nSPS) is 10.9. The van der Waals surface area contributed by atoms with E-state index in [4.69, 9.17) is 15.2 Å². The second-order valence-corrected chi connectivity index (χ2v) is 5.71. The van der Waals surface area contributed by atoms with E-state index in [9.17, 15) is 9.59 Å². The molecule has 8 nitrogen and oxygen atoms in total. The number of nitrogens with two attached hydrogens (primary N) is 1. The van der Waals surface area contributed by atoms with Crippen LogP contribution in [0, 0.1) is 0 Å². The molecule has 1 aromatic heterocycles. The van der Waals surface area contributed by atoms with Crippen LogP contribution in [-0.2, 0) is 20.7 Å². The highest BCUT2D eigenvalue weighted by molar-refractivity contribution is 5.92. The van der Waals surface area contributed by atoms with Crippen LogP contribution in [0.15, 0.2) is 24.4 Å². The maximum Gasteiger partial charge on any atom is 0.421 e. The van der Waals surface area contributed by atoms with Crippen molar-refractivity contribution in [1.29, 1.82) is 0 Å². The SMILES string of the molecule is COc1ccc2c(c1)c(CCN(C)C)cn2C(=O)OCOC(=O)CN. The summed E-state index contributed by atoms with van der Waals surface area (Å²) >= 11 is 0. The maximum absolute atomic E-state index is 12.3. The molecular weight excluding hydrogens is 326 g/mol.